The van der Waals surface area contributed by atoms with E-state index in [2.05, 4.69) is 5.92 Å². The molecule has 0 aliphatic carbocycles. The van der Waals surface area contributed by atoms with E-state index in [0.717, 1.165) is 6.07 Å². The summed E-state index contributed by atoms with van der Waals surface area (Å²) >= 11 is 0. The summed E-state index contributed by atoms with van der Waals surface area (Å²) in [5.41, 5.74) is -0.334. The van der Waals surface area contributed by atoms with Gasteiger partial charge >= 0.3 is 0 Å². The number of halogens is 1. The lowest BCUT2D eigenvalue weighted by molar-refractivity contribution is 0.0777. The number of terminal acetylenes is 1. The molecule has 0 fully saturated rings. The second-order valence-corrected chi connectivity index (χ2v) is 3.16. The summed E-state index contributed by atoms with van der Waals surface area (Å²) in [4.78, 5) is 13.1. The molecule has 0 unspecified atom stereocenters. The number of rotatable bonds is 3. The lowest BCUT2D eigenvalue weighted by atomic mass is 10.1. The van der Waals surface area contributed by atoms with Crippen molar-refractivity contribution in [3.63, 3.8) is 0 Å². The van der Waals surface area contributed by atoms with Crippen LogP contribution in [-0.2, 0) is 0 Å². The van der Waals surface area contributed by atoms with Crippen LogP contribution in [0.2, 0.25) is 0 Å². The Hall–Kier alpha value is -2.02. The van der Waals surface area contributed by atoms with E-state index in [9.17, 15) is 14.3 Å². The minimum atomic E-state index is -0.750. The van der Waals surface area contributed by atoms with E-state index in [-0.39, 0.29) is 17.9 Å². The van der Waals surface area contributed by atoms with Crippen molar-refractivity contribution in [2.75, 3.05) is 13.1 Å². The van der Waals surface area contributed by atoms with Crippen LogP contribution >= 0.6 is 0 Å². The fraction of sp³-hybridized carbons (Fsp3) is 0.250. The number of hydrogen-bond acceptors (Lipinski definition) is 2. The molecule has 16 heavy (non-hydrogen) atoms. The first kappa shape index (κ1) is 12.1. The molecule has 1 aromatic rings. The van der Waals surface area contributed by atoms with Gasteiger partial charge < -0.3 is 10.0 Å². The molecule has 0 aliphatic heterocycles. The zero-order valence-corrected chi connectivity index (χ0v) is 8.90. The van der Waals surface area contributed by atoms with Crippen LogP contribution in [0.1, 0.15) is 17.3 Å². The molecule has 0 aliphatic rings. The van der Waals surface area contributed by atoms with Gasteiger partial charge in [-0.1, -0.05) is 12.0 Å². The van der Waals surface area contributed by atoms with Crippen LogP contribution in [0, 0.1) is 18.2 Å². The van der Waals surface area contributed by atoms with Gasteiger partial charge in [-0.05, 0) is 19.1 Å². The molecule has 1 rings (SSSR count). The van der Waals surface area contributed by atoms with Crippen molar-refractivity contribution in [1.29, 1.82) is 0 Å². The maximum Gasteiger partial charge on any atom is 0.261 e. The molecule has 0 aromatic heterocycles. The number of phenolic OH excluding ortho intramolecular Hbond substituents is 1. The lowest BCUT2D eigenvalue weighted by Gasteiger charge is -2.18. The van der Waals surface area contributed by atoms with E-state index < -0.39 is 11.7 Å². The van der Waals surface area contributed by atoms with Crippen molar-refractivity contribution >= 4 is 5.91 Å². The number of phenols is 1. The standard InChI is InChI=1S/C12H12FNO2/c1-3-8-14(4-2)12(16)11-9(13)6-5-7-10(11)15/h1,5-7,15H,4,8H2,2H3. The van der Waals surface area contributed by atoms with Crippen LogP contribution in [0.15, 0.2) is 18.2 Å². The maximum absolute atomic E-state index is 13.4. The van der Waals surface area contributed by atoms with E-state index in [0.29, 0.717) is 6.54 Å². The zero-order chi connectivity index (χ0) is 12.1. The Labute approximate surface area is 93.5 Å². The predicted molar refractivity (Wildman–Crippen MR) is 58.5 cm³/mol. The Morgan fingerprint density at radius 2 is 2.31 bits per heavy atom. The summed E-state index contributed by atoms with van der Waals surface area (Å²) in [6, 6.07) is 3.72. The van der Waals surface area contributed by atoms with E-state index >= 15 is 0 Å². The minimum absolute atomic E-state index is 0.0864. The average Bonchev–Trinajstić information content (AvgIpc) is 2.25. The zero-order valence-electron chi connectivity index (χ0n) is 8.90. The van der Waals surface area contributed by atoms with Crippen LogP contribution in [-0.4, -0.2) is 29.0 Å². The monoisotopic (exact) mass is 221 g/mol. The number of amides is 1. The van der Waals surface area contributed by atoms with Gasteiger partial charge in [-0.25, -0.2) is 4.39 Å². The second kappa shape index (κ2) is 5.17. The fourth-order valence-electron chi connectivity index (χ4n) is 1.32. The number of hydrogen-bond donors (Lipinski definition) is 1. The summed E-state index contributed by atoms with van der Waals surface area (Å²) < 4.78 is 13.4. The third-order valence-corrected chi connectivity index (χ3v) is 2.16. The van der Waals surface area contributed by atoms with Gasteiger partial charge in [-0.15, -0.1) is 6.42 Å². The van der Waals surface area contributed by atoms with Gasteiger partial charge in [0.05, 0.1) is 6.54 Å². The third-order valence-electron chi connectivity index (χ3n) is 2.16. The first-order valence-electron chi connectivity index (χ1n) is 4.82. The van der Waals surface area contributed by atoms with Crippen molar-refractivity contribution in [2.45, 2.75) is 6.92 Å². The van der Waals surface area contributed by atoms with Crippen LogP contribution < -0.4 is 0 Å². The third kappa shape index (κ3) is 2.31. The molecule has 84 valence electrons. The highest BCUT2D eigenvalue weighted by Crippen LogP contribution is 2.21. The molecule has 1 N–H and O–H groups in total. The Bertz CT molecular complexity index is 417. The summed E-state index contributed by atoms with van der Waals surface area (Å²) in [6.07, 6.45) is 5.10. The van der Waals surface area contributed by atoms with Crippen LogP contribution in [0.25, 0.3) is 0 Å². The van der Waals surface area contributed by atoms with E-state index in [1.807, 2.05) is 0 Å². The van der Waals surface area contributed by atoms with Gasteiger partial charge in [-0.2, -0.15) is 0 Å². The summed E-state index contributed by atoms with van der Waals surface area (Å²) in [7, 11) is 0. The Morgan fingerprint density at radius 3 is 2.81 bits per heavy atom. The molecule has 1 amide bonds. The van der Waals surface area contributed by atoms with Crippen molar-refractivity contribution in [3.8, 4) is 18.1 Å². The van der Waals surface area contributed by atoms with Gasteiger partial charge in [0.2, 0.25) is 0 Å². The molecule has 0 bridgehead atoms. The maximum atomic E-state index is 13.4. The fourth-order valence-corrected chi connectivity index (χ4v) is 1.32. The Balaban J connectivity index is 3.09. The number of aromatic hydroxyl groups is 1. The second-order valence-electron chi connectivity index (χ2n) is 3.16. The predicted octanol–water partition coefficient (Wildman–Crippen LogP) is 1.63. The number of carbonyl (C=O) groups is 1. The smallest absolute Gasteiger partial charge is 0.261 e. The first-order valence-corrected chi connectivity index (χ1v) is 4.82. The molecule has 1 aromatic carbocycles. The van der Waals surface area contributed by atoms with Gasteiger partial charge in [0.1, 0.15) is 17.1 Å². The van der Waals surface area contributed by atoms with E-state index in [1.165, 1.54) is 17.0 Å². The summed E-state index contributed by atoms with van der Waals surface area (Å²) in [6.45, 7) is 2.17. The van der Waals surface area contributed by atoms with E-state index in [4.69, 9.17) is 6.42 Å². The van der Waals surface area contributed by atoms with Gasteiger partial charge in [0.15, 0.2) is 0 Å². The minimum Gasteiger partial charge on any atom is -0.507 e. The molecular weight excluding hydrogens is 209 g/mol. The quantitative estimate of drug-likeness (QED) is 0.788. The molecular formula is C12H12FNO2. The molecule has 0 radical (unpaired) electrons. The first-order chi connectivity index (χ1) is 7.61. The summed E-state index contributed by atoms with van der Waals surface area (Å²) in [5, 5.41) is 9.44. The van der Waals surface area contributed by atoms with Gasteiger partial charge in [0.25, 0.3) is 5.91 Å². The highest BCUT2D eigenvalue weighted by molar-refractivity contribution is 5.97. The lowest BCUT2D eigenvalue weighted by Crippen LogP contribution is -2.31. The number of nitrogens with zero attached hydrogens (tertiary/aromatic N) is 1. The molecule has 4 heteroatoms. The Morgan fingerprint density at radius 1 is 1.62 bits per heavy atom. The SMILES string of the molecule is C#CCN(CC)C(=O)c1c(O)cccc1F. The van der Waals surface area contributed by atoms with Crippen LogP contribution in [0.3, 0.4) is 0 Å². The largest absolute Gasteiger partial charge is 0.507 e. The highest BCUT2D eigenvalue weighted by Gasteiger charge is 2.20. The molecule has 3 nitrogen and oxygen atoms in total. The van der Waals surface area contributed by atoms with Crippen molar-refractivity contribution < 1.29 is 14.3 Å². The number of benzene rings is 1. The summed E-state index contributed by atoms with van der Waals surface area (Å²) in [5.74, 6) is 0.584. The Kier molecular flexibility index (Phi) is 3.90. The normalized spacial score (nSPS) is 9.56. The van der Waals surface area contributed by atoms with Crippen molar-refractivity contribution in [2.24, 2.45) is 0 Å². The molecule has 0 saturated heterocycles. The molecule has 0 heterocycles. The molecule has 0 atom stereocenters. The van der Waals surface area contributed by atoms with Crippen LogP contribution in [0.4, 0.5) is 4.39 Å². The average molecular weight is 221 g/mol. The van der Waals surface area contributed by atoms with Crippen molar-refractivity contribution in [1.82, 2.24) is 4.90 Å². The van der Waals surface area contributed by atoms with Gasteiger partial charge in [0, 0.05) is 6.54 Å². The van der Waals surface area contributed by atoms with E-state index in [1.54, 1.807) is 6.92 Å². The van der Waals surface area contributed by atoms with Crippen molar-refractivity contribution in [3.05, 3.63) is 29.6 Å². The van der Waals surface area contributed by atoms with Gasteiger partial charge in [-0.3, -0.25) is 4.79 Å². The van der Waals surface area contributed by atoms with Crippen LogP contribution in [0.5, 0.6) is 5.75 Å². The molecule has 0 saturated carbocycles. The number of carbonyl (C=O) groups excluding carboxylic acids is 1. The molecule has 0 spiro atoms. The topological polar surface area (TPSA) is 40.5 Å². The highest BCUT2D eigenvalue weighted by atomic mass is 19.1.